The molecule has 0 saturated heterocycles. The van der Waals surface area contributed by atoms with Crippen LogP contribution in [-0.2, 0) is 0 Å². The van der Waals surface area contributed by atoms with Crippen molar-refractivity contribution in [2.24, 2.45) is 0 Å². The lowest BCUT2D eigenvalue weighted by Crippen LogP contribution is -1.93. The van der Waals surface area contributed by atoms with E-state index >= 15 is 0 Å². The fraction of sp³-hybridized carbons (Fsp3) is 0. The van der Waals surface area contributed by atoms with Crippen LogP contribution in [0.5, 0.6) is 0 Å². The predicted octanol–water partition coefficient (Wildman–Crippen LogP) is 3.18. The van der Waals surface area contributed by atoms with Crippen LogP contribution in [0.25, 0.3) is 0 Å². The number of aromatic nitrogens is 1. The van der Waals surface area contributed by atoms with Gasteiger partial charge >= 0.3 is 0 Å². The van der Waals surface area contributed by atoms with Gasteiger partial charge in [-0.1, -0.05) is 30.0 Å². The van der Waals surface area contributed by atoms with Gasteiger partial charge in [0, 0.05) is 11.1 Å². The van der Waals surface area contributed by atoms with Crippen molar-refractivity contribution in [3.63, 3.8) is 0 Å². The molecule has 1 heterocycles. The van der Waals surface area contributed by atoms with Gasteiger partial charge in [0.1, 0.15) is 10.8 Å². The van der Waals surface area contributed by atoms with Gasteiger partial charge in [0.15, 0.2) is 6.29 Å². The van der Waals surface area contributed by atoms with Crippen LogP contribution in [-0.4, -0.2) is 11.3 Å². The van der Waals surface area contributed by atoms with E-state index in [-0.39, 0.29) is 5.56 Å². The third kappa shape index (κ3) is 2.28. The average Bonchev–Trinajstić information content (AvgIpc) is 2.31. The third-order valence-electron chi connectivity index (χ3n) is 1.98. The van der Waals surface area contributed by atoms with Crippen LogP contribution in [0, 0.1) is 5.82 Å². The molecule has 80 valence electrons. The van der Waals surface area contributed by atoms with Crippen LogP contribution in [0.3, 0.4) is 0 Å². The van der Waals surface area contributed by atoms with Crippen molar-refractivity contribution in [3.05, 3.63) is 54.0 Å². The number of carbonyl (C=O) groups excluding carboxylic acids is 1. The molecule has 0 aliphatic heterocycles. The highest BCUT2D eigenvalue weighted by Crippen LogP contribution is 2.28. The fourth-order valence-electron chi connectivity index (χ4n) is 1.22. The largest absolute Gasteiger partial charge is 0.298 e. The van der Waals surface area contributed by atoms with Gasteiger partial charge in [0.2, 0.25) is 0 Å². The number of pyridine rings is 1. The molecule has 2 nitrogen and oxygen atoms in total. The number of hydrogen-bond acceptors (Lipinski definition) is 3. The Kier molecular flexibility index (Phi) is 3.31. The molecule has 0 unspecified atom stereocenters. The van der Waals surface area contributed by atoms with Gasteiger partial charge in [-0.15, -0.1) is 0 Å². The van der Waals surface area contributed by atoms with Gasteiger partial charge in [-0.05, 0) is 18.2 Å². The predicted molar refractivity (Wildman–Crippen MR) is 60.1 cm³/mol. The van der Waals surface area contributed by atoms with Gasteiger partial charge in [-0.25, -0.2) is 9.37 Å². The molecule has 0 amide bonds. The topological polar surface area (TPSA) is 30.0 Å². The molecule has 0 spiro atoms. The van der Waals surface area contributed by atoms with Gasteiger partial charge < -0.3 is 0 Å². The van der Waals surface area contributed by atoms with Crippen molar-refractivity contribution in [2.75, 3.05) is 0 Å². The van der Waals surface area contributed by atoms with E-state index in [1.807, 2.05) is 30.3 Å². The molecule has 0 bridgehead atoms. The Morgan fingerprint density at radius 1 is 1.19 bits per heavy atom. The normalized spacial score (nSPS) is 10.1. The number of halogens is 1. The molecule has 2 rings (SSSR count). The van der Waals surface area contributed by atoms with Gasteiger partial charge in [0.25, 0.3) is 0 Å². The van der Waals surface area contributed by atoms with Crippen LogP contribution >= 0.6 is 11.8 Å². The maximum absolute atomic E-state index is 13.3. The minimum atomic E-state index is -0.538. The van der Waals surface area contributed by atoms with E-state index in [1.165, 1.54) is 24.0 Å². The van der Waals surface area contributed by atoms with Crippen molar-refractivity contribution in [1.29, 1.82) is 0 Å². The Morgan fingerprint density at radius 2 is 1.94 bits per heavy atom. The van der Waals surface area contributed by atoms with Gasteiger partial charge in [-0.2, -0.15) is 0 Å². The van der Waals surface area contributed by atoms with E-state index in [0.717, 1.165) is 4.90 Å². The third-order valence-corrected chi connectivity index (χ3v) is 3.00. The van der Waals surface area contributed by atoms with Crippen molar-refractivity contribution in [3.8, 4) is 0 Å². The zero-order valence-corrected chi connectivity index (χ0v) is 9.08. The zero-order chi connectivity index (χ0) is 11.4. The maximum Gasteiger partial charge on any atom is 0.155 e. The Morgan fingerprint density at radius 3 is 2.62 bits per heavy atom. The molecule has 16 heavy (non-hydrogen) atoms. The molecule has 0 aliphatic rings. The van der Waals surface area contributed by atoms with E-state index in [1.54, 1.807) is 0 Å². The second kappa shape index (κ2) is 4.90. The first-order valence-electron chi connectivity index (χ1n) is 4.64. The maximum atomic E-state index is 13.3. The number of benzene rings is 1. The quantitative estimate of drug-likeness (QED) is 0.763. The Labute approximate surface area is 96.5 Å². The second-order valence-electron chi connectivity index (χ2n) is 3.04. The smallest absolute Gasteiger partial charge is 0.155 e. The van der Waals surface area contributed by atoms with Crippen LogP contribution in [0.1, 0.15) is 10.4 Å². The summed E-state index contributed by atoms with van der Waals surface area (Å²) in [7, 11) is 0. The van der Waals surface area contributed by atoms with Crippen molar-refractivity contribution < 1.29 is 9.18 Å². The van der Waals surface area contributed by atoms with E-state index in [0.29, 0.717) is 11.3 Å². The molecule has 4 heteroatoms. The Bertz CT molecular complexity index is 502. The molecule has 0 saturated carbocycles. The summed E-state index contributed by atoms with van der Waals surface area (Å²) in [5.41, 5.74) is 0.0105. The molecular formula is C12H8FNOS. The van der Waals surface area contributed by atoms with E-state index in [9.17, 15) is 9.18 Å². The van der Waals surface area contributed by atoms with Crippen molar-refractivity contribution in [1.82, 2.24) is 4.98 Å². The summed E-state index contributed by atoms with van der Waals surface area (Å²) in [6.45, 7) is 0. The van der Waals surface area contributed by atoms with E-state index in [2.05, 4.69) is 4.98 Å². The first-order chi connectivity index (χ1) is 7.81. The van der Waals surface area contributed by atoms with E-state index < -0.39 is 5.82 Å². The number of hydrogen-bond donors (Lipinski definition) is 0. The van der Waals surface area contributed by atoms with E-state index in [4.69, 9.17) is 0 Å². The molecule has 0 atom stereocenters. The lowest BCUT2D eigenvalue weighted by Gasteiger charge is -2.03. The minimum Gasteiger partial charge on any atom is -0.298 e. The summed E-state index contributed by atoms with van der Waals surface area (Å²) in [5.74, 6) is -0.538. The molecule has 0 aliphatic carbocycles. The molecule has 0 N–H and O–H groups in total. The van der Waals surface area contributed by atoms with Crippen LogP contribution < -0.4 is 0 Å². The molecule has 2 aromatic rings. The van der Waals surface area contributed by atoms with Crippen LogP contribution in [0.15, 0.2) is 52.5 Å². The summed E-state index contributed by atoms with van der Waals surface area (Å²) >= 11 is 1.27. The number of nitrogens with zero attached hydrogens (tertiary/aromatic N) is 1. The molecule has 0 fully saturated rings. The summed E-state index contributed by atoms with van der Waals surface area (Å²) in [6, 6.07) is 10.6. The molecule has 1 aromatic heterocycles. The van der Waals surface area contributed by atoms with Gasteiger partial charge in [0.05, 0.1) is 5.56 Å². The summed E-state index contributed by atoms with van der Waals surface area (Å²) in [5, 5.41) is 0.390. The second-order valence-corrected chi connectivity index (χ2v) is 4.11. The number of rotatable bonds is 3. The molecular weight excluding hydrogens is 225 g/mol. The highest BCUT2D eigenvalue weighted by molar-refractivity contribution is 7.99. The number of carbonyl (C=O) groups is 1. The summed E-state index contributed by atoms with van der Waals surface area (Å²) in [6.07, 6.45) is 1.85. The average molecular weight is 233 g/mol. The van der Waals surface area contributed by atoms with Crippen LogP contribution in [0.4, 0.5) is 4.39 Å². The number of aldehydes is 1. The first-order valence-corrected chi connectivity index (χ1v) is 5.45. The highest BCUT2D eigenvalue weighted by atomic mass is 32.2. The fourth-order valence-corrected chi connectivity index (χ4v) is 2.11. The van der Waals surface area contributed by atoms with Crippen LogP contribution in [0.2, 0.25) is 0 Å². The molecule has 1 aromatic carbocycles. The standard InChI is InChI=1S/C12H8FNOS/c13-11-6-7-14-12(10(11)8-15)16-9-4-2-1-3-5-9/h1-8H. The SMILES string of the molecule is O=Cc1c(F)ccnc1Sc1ccccc1. The summed E-state index contributed by atoms with van der Waals surface area (Å²) in [4.78, 5) is 15.7. The monoisotopic (exact) mass is 233 g/mol. The Hall–Kier alpha value is -1.68. The molecule has 0 radical (unpaired) electrons. The highest BCUT2D eigenvalue weighted by Gasteiger charge is 2.09. The Balaban J connectivity index is 2.35. The van der Waals surface area contributed by atoms with Crippen molar-refractivity contribution in [2.45, 2.75) is 9.92 Å². The summed E-state index contributed by atoms with van der Waals surface area (Å²) < 4.78 is 13.3. The minimum absolute atomic E-state index is 0.0105. The van der Waals surface area contributed by atoms with Gasteiger partial charge in [-0.3, -0.25) is 4.79 Å². The van der Waals surface area contributed by atoms with Crippen molar-refractivity contribution >= 4 is 18.0 Å². The zero-order valence-electron chi connectivity index (χ0n) is 8.26. The lowest BCUT2D eigenvalue weighted by atomic mass is 10.3. The lowest BCUT2D eigenvalue weighted by molar-refractivity contribution is 0.111. The first kappa shape index (κ1) is 10.8.